The van der Waals surface area contributed by atoms with Gasteiger partial charge in [-0.2, -0.15) is 0 Å². The summed E-state index contributed by atoms with van der Waals surface area (Å²) in [5.41, 5.74) is 0. The maximum absolute atomic E-state index is 11.3. The molecule has 0 unspecified atom stereocenters. The minimum atomic E-state index is -0.663. The summed E-state index contributed by atoms with van der Waals surface area (Å²) in [5, 5.41) is 9.02. The Bertz CT molecular complexity index is 285. The average Bonchev–Trinajstić information content (AvgIpc) is 2.30. The standard InChI is InChI=1S/C11H19NO3S/c13-11(14)9-2-1-5-12(8-9)10-3-6-16(15)7-4-10/h9-10H,1-8H2,(H,13,14)/t9-,10?,16?/m0/s1. The third kappa shape index (κ3) is 2.83. The van der Waals surface area contributed by atoms with Gasteiger partial charge in [0, 0.05) is 34.9 Å². The van der Waals surface area contributed by atoms with Crippen LogP contribution in [0.2, 0.25) is 0 Å². The van der Waals surface area contributed by atoms with Crippen molar-refractivity contribution in [3.8, 4) is 0 Å². The Morgan fingerprint density at radius 1 is 1.25 bits per heavy atom. The molecule has 0 aromatic rings. The van der Waals surface area contributed by atoms with Gasteiger partial charge >= 0.3 is 5.97 Å². The van der Waals surface area contributed by atoms with Crippen molar-refractivity contribution in [2.45, 2.75) is 31.7 Å². The summed E-state index contributed by atoms with van der Waals surface area (Å²) in [6.07, 6.45) is 3.74. The van der Waals surface area contributed by atoms with Crippen LogP contribution in [-0.2, 0) is 15.6 Å². The Hall–Kier alpha value is -0.420. The van der Waals surface area contributed by atoms with Crippen molar-refractivity contribution in [1.29, 1.82) is 0 Å². The molecular formula is C11H19NO3S. The molecule has 2 rings (SSSR count). The van der Waals surface area contributed by atoms with E-state index in [9.17, 15) is 9.00 Å². The van der Waals surface area contributed by atoms with Gasteiger partial charge in [0.05, 0.1) is 5.92 Å². The van der Waals surface area contributed by atoms with Gasteiger partial charge in [-0.15, -0.1) is 0 Å². The first-order valence-electron chi connectivity index (χ1n) is 5.98. The van der Waals surface area contributed by atoms with E-state index in [1.54, 1.807) is 0 Å². The van der Waals surface area contributed by atoms with Crippen molar-refractivity contribution in [3.63, 3.8) is 0 Å². The summed E-state index contributed by atoms with van der Waals surface area (Å²) in [6, 6.07) is 0.472. The number of nitrogens with zero attached hydrogens (tertiary/aromatic N) is 1. The molecule has 92 valence electrons. The first-order valence-corrected chi connectivity index (χ1v) is 7.47. The third-order valence-electron chi connectivity index (χ3n) is 3.68. The maximum Gasteiger partial charge on any atom is 0.307 e. The van der Waals surface area contributed by atoms with Crippen LogP contribution in [-0.4, -0.2) is 50.8 Å². The van der Waals surface area contributed by atoms with E-state index >= 15 is 0 Å². The molecule has 0 aromatic heterocycles. The lowest BCUT2D eigenvalue weighted by atomic mass is 9.95. The van der Waals surface area contributed by atoms with E-state index in [0.717, 1.165) is 43.7 Å². The zero-order valence-electron chi connectivity index (χ0n) is 9.43. The van der Waals surface area contributed by atoms with Crippen molar-refractivity contribution in [1.82, 2.24) is 4.90 Å². The number of likely N-dealkylation sites (tertiary alicyclic amines) is 1. The van der Waals surface area contributed by atoms with Crippen molar-refractivity contribution in [3.05, 3.63) is 0 Å². The van der Waals surface area contributed by atoms with Gasteiger partial charge in [0.1, 0.15) is 0 Å². The number of carbonyl (C=O) groups is 1. The van der Waals surface area contributed by atoms with Crippen LogP contribution in [0.25, 0.3) is 0 Å². The number of hydrogen-bond donors (Lipinski definition) is 1. The summed E-state index contributed by atoms with van der Waals surface area (Å²) in [4.78, 5) is 13.3. The molecule has 0 radical (unpaired) electrons. The number of carboxylic acids is 1. The molecule has 0 spiro atoms. The normalized spacial score (nSPS) is 37.1. The lowest BCUT2D eigenvalue weighted by molar-refractivity contribution is -0.144. The number of piperidine rings is 1. The molecule has 4 nitrogen and oxygen atoms in total. The molecule has 2 aliphatic rings. The fourth-order valence-electron chi connectivity index (χ4n) is 2.69. The van der Waals surface area contributed by atoms with Crippen molar-refractivity contribution in [2.75, 3.05) is 24.6 Å². The molecule has 0 saturated carbocycles. The quantitative estimate of drug-likeness (QED) is 0.778. The van der Waals surface area contributed by atoms with Crippen LogP contribution in [0.5, 0.6) is 0 Å². The average molecular weight is 245 g/mol. The smallest absolute Gasteiger partial charge is 0.307 e. The van der Waals surface area contributed by atoms with E-state index in [0.29, 0.717) is 12.6 Å². The molecule has 0 aromatic carbocycles. The SMILES string of the molecule is O=C(O)[C@H]1CCCN(C2CCS(=O)CC2)C1. The number of aliphatic carboxylic acids is 1. The van der Waals surface area contributed by atoms with E-state index in [2.05, 4.69) is 4.90 Å². The zero-order chi connectivity index (χ0) is 11.5. The highest BCUT2D eigenvalue weighted by Crippen LogP contribution is 2.23. The largest absolute Gasteiger partial charge is 0.481 e. The molecule has 2 fully saturated rings. The topological polar surface area (TPSA) is 57.6 Å². The lowest BCUT2D eigenvalue weighted by Crippen LogP contribution is -2.47. The molecule has 2 aliphatic heterocycles. The second-order valence-corrected chi connectivity index (χ2v) is 6.45. The molecule has 16 heavy (non-hydrogen) atoms. The fourth-order valence-corrected chi connectivity index (χ4v) is 3.96. The lowest BCUT2D eigenvalue weighted by Gasteiger charge is -2.38. The van der Waals surface area contributed by atoms with Crippen LogP contribution in [0.4, 0.5) is 0 Å². The Kier molecular flexibility index (Phi) is 3.97. The van der Waals surface area contributed by atoms with Gasteiger partial charge in [0.15, 0.2) is 0 Å². The predicted molar refractivity (Wildman–Crippen MR) is 62.8 cm³/mol. The Morgan fingerprint density at radius 2 is 1.94 bits per heavy atom. The van der Waals surface area contributed by atoms with Gasteiger partial charge in [-0.05, 0) is 32.2 Å². The fraction of sp³-hybridized carbons (Fsp3) is 0.909. The van der Waals surface area contributed by atoms with Crippen molar-refractivity contribution < 1.29 is 14.1 Å². The van der Waals surface area contributed by atoms with Gasteiger partial charge in [-0.25, -0.2) is 0 Å². The second kappa shape index (κ2) is 5.27. The van der Waals surface area contributed by atoms with Crippen LogP contribution in [0.1, 0.15) is 25.7 Å². The van der Waals surface area contributed by atoms with Crippen molar-refractivity contribution >= 4 is 16.8 Å². The summed E-state index contributed by atoms with van der Waals surface area (Å²) in [5.74, 6) is 0.725. The molecule has 0 bridgehead atoms. The molecule has 2 heterocycles. The van der Waals surface area contributed by atoms with Crippen LogP contribution in [0.15, 0.2) is 0 Å². The van der Waals surface area contributed by atoms with Crippen LogP contribution in [0.3, 0.4) is 0 Å². The summed E-state index contributed by atoms with van der Waals surface area (Å²) < 4.78 is 11.3. The van der Waals surface area contributed by atoms with Crippen LogP contribution >= 0.6 is 0 Å². The summed E-state index contributed by atoms with van der Waals surface area (Å²) in [6.45, 7) is 1.70. The second-order valence-electron chi connectivity index (χ2n) is 4.75. The van der Waals surface area contributed by atoms with Gasteiger partial charge in [0.2, 0.25) is 0 Å². The Labute approximate surface area is 98.5 Å². The van der Waals surface area contributed by atoms with Crippen LogP contribution < -0.4 is 0 Å². The Morgan fingerprint density at radius 3 is 2.56 bits per heavy atom. The summed E-state index contributed by atoms with van der Waals surface area (Å²) in [7, 11) is -0.626. The molecule has 5 heteroatoms. The molecule has 1 N–H and O–H groups in total. The molecule has 0 aliphatic carbocycles. The van der Waals surface area contributed by atoms with Gasteiger partial charge < -0.3 is 5.11 Å². The van der Waals surface area contributed by atoms with E-state index in [-0.39, 0.29) is 5.92 Å². The number of rotatable bonds is 2. The van der Waals surface area contributed by atoms with E-state index in [1.807, 2.05) is 0 Å². The molecule has 0 amide bonds. The van der Waals surface area contributed by atoms with Gasteiger partial charge in [0.25, 0.3) is 0 Å². The van der Waals surface area contributed by atoms with Gasteiger partial charge in [-0.3, -0.25) is 13.9 Å². The van der Waals surface area contributed by atoms with E-state index in [1.165, 1.54) is 0 Å². The maximum atomic E-state index is 11.3. The first-order chi connectivity index (χ1) is 7.66. The minimum absolute atomic E-state index is 0.193. The monoisotopic (exact) mass is 245 g/mol. The highest BCUT2D eigenvalue weighted by molar-refractivity contribution is 7.85. The summed E-state index contributed by atoms with van der Waals surface area (Å²) >= 11 is 0. The van der Waals surface area contributed by atoms with Gasteiger partial charge in [-0.1, -0.05) is 0 Å². The zero-order valence-corrected chi connectivity index (χ0v) is 10.2. The first kappa shape index (κ1) is 12.0. The third-order valence-corrected chi connectivity index (χ3v) is 5.06. The highest BCUT2D eigenvalue weighted by atomic mass is 32.2. The van der Waals surface area contributed by atoms with Crippen molar-refractivity contribution in [2.24, 2.45) is 5.92 Å². The number of carboxylic acid groups (broad SMARTS) is 1. The molecule has 2 saturated heterocycles. The highest BCUT2D eigenvalue weighted by Gasteiger charge is 2.31. The molecule has 1 atom stereocenters. The number of hydrogen-bond acceptors (Lipinski definition) is 3. The van der Waals surface area contributed by atoms with Crippen LogP contribution in [0, 0.1) is 5.92 Å². The predicted octanol–water partition coefficient (Wildman–Crippen LogP) is 0.694. The van der Waals surface area contributed by atoms with E-state index < -0.39 is 16.8 Å². The molecular weight excluding hydrogens is 226 g/mol. The minimum Gasteiger partial charge on any atom is -0.481 e. The van der Waals surface area contributed by atoms with E-state index in [4.69, 9.17) is 5.11 Å². The Balaban J connectivity index is 1.89.